The monoisotopic (exact) mass is 302 g/mol. The minimum atomic E-state index is -0.313. The number of esters is 2. The molecule has 0 unspecified atom stereocenters. The summed E-state index contributed by atoms with van der Waals surface area (Å²) in [6.45, 7) is 0.735. The Balaban J connectivity index is 1.53. The molecule has 22 heavy (non-hydrogen) atoms. The average Bonchev–Trinajstić information content (AvgIpc) is 2.59. The van der Waals surface area contributed by atoms with Crippen LogP contribution >= 0.6 is 0 Å². The summed E-state index contributed by atoms with van der Waals surface area (Å²) in [4.78, 5) is 23.5. The summed E-state index contributed by atoms with van der Waals surface area (Å²) in [5.41, 5.74) is 0.555. The first-order valence-electron chi connectivity index (χ1n) is 7.81. The molecule has 1 aromatic carbocycles. The molecule has 0 radical (unpaired) electrons. The van der Waals surface area contributed by atoms with Gasteiger partial charge in [0.05, 0.1) is 24.7 Å². The summed E-state index contributed by atoms with van der Waals surface area (Å²) in [6.07, 6.45) is 8.16. The van der Waals surface area contributed by atoms with Gasteiger partial charge >= 0.3 is 11.9 Å². The van der Waals surface area contributed by atoms with Gasteiger partial charge in [0.1, 0.15) is 0 Å². The van der Waals surface area contributed by atoms with E-state index in [4.69, 9.17) is 9.47 Å². The zero-order valence-electron chi connectivity index (χ0n) is 12.7. The van der Waals surface area contributed by atoms with Crippen molar-refractivity contribution in [2.45, 2.75) is 32.1 Å². The normalized spacial score (nSPS) is 17.0. The van der Waals surface area contributed by atoms with Gasteiger partial charge < -0.3 is 9.47 Å². The molecule has 0 aliphatic heterocycles. The van der Waals surface area contributed by atoms with Crippen LogP contribution in [-0.2, 0) is 14.3 Å². The van der Waals surface area contributed by atoms with Crippen LogP contribution in [0.15, 0.2) is 42.5 Å². The first-order chi connectivity index (χ1) is 10.8. The van der Waals surface area contributed by atoms with Crippen LogP contribution in [0.3, 0.4) is 0 Å². The molecule has 0 heterocycles. The second kappa shape index (κ2) is 9.03. The highest BCUT2D eigenvalue weighted by atomic mass is 16.5. The van der Waals surface area contributed by atoms with Crippen LogP contribution in [-0.4, -0.2) is 25.2 Å². The summed E-state index contributed by atoms with van der Waals surface area (Å²) in [5, 5.41) is 0. The molecule has 0 fully saturated rings. The first-order valence-corrected chi connectivity index (χ1v) is 7.81. The summed E-state index contributed by atoms with van der Waals surface area (Å²) >= 11 is 0. The number of hydrogen-bond donors (Lipinski definition) is 0. The minimum Gasteiger partial charge on any atom is -0.465 e. The molecule has 1 aliphatic rings. The molecular formula is C18H22O4. The topological polar surface area (TPSA) is 52.6 Å². The van der Waals surface area contributed by atoms with Gasteiger partial charge in [0, 0.05) is 0 Å². The predicted molar refractivity (Wildman–Crippen MR) is 83.4 cm³/mol. The van der Waals surface area contributed by atoms with Gasteiger partial charge in [-0.3, -0.25) is 4.79 Å². The number of benzene rings is 1. The van der Waals surface area contributed by atoms with Crippen LogP contribution in [0, 0.1) is 5.92 Å². The third kappa shape index (κ3) is 5.35. The largest absolute Gasteiger partial charge is 0.465 e. The summed E-state index contributed by atoms with van der Waals surface area (Å²) in [6, 6.07) is 8.91. The van der Waals surface area contributed by atoms with Crippen LogP contribution in [0.2, 0.25) is 0 Å². The highest BCUT2D eigenvalue weighted by molar-refractivity contribution is 5.89. The number of hydrogen-bond acceptors (Lipinski definition) is 4. The molecule has 0 spiro atoms. The van der Waals surface area contributed by atoms with E-state index in [1.54, 1.807) is 24.3 Å². The van der Waals surface area contributed by atoms with Crippen molar-refractivity contribution in [3.8, 4) is 0 Å². The molecular weight excluding hydrogens is 280 g/mol. The second-order valence-corrected chi connectivity index (χ2v) is 5.36. The van der Waals surface area contributed by atoms with Gasteiger partial charge in [-0.1, -0.05) is 30.4 Å². The molecule has 118 valence electrons. The van der Waals surface area contributed by atoms with Gasteiger partial charge in [-0.2, -0.15) is 0 Å². The van der Waals surface area contributed by atoms with Crippen LogP contribution in [0.5, 0.6) is 0 Å². The van der Waals surface area contributed by atoms with Gasteiger partial charge in [-0.05, 0) is 44.2 Å². The highest BCUT2D eigenvalue weighted by Crippen LogP contribution is 2.19. The van der Waals surface area contributed by atoms with E-state index in [1.807, 2.05) is 12.1 Å². The van der Waals surface area contributed by atoms with E-state index in [2.05, 4.69) is 6.08 Å². The number of carbonyl (C=O) groups is 2. The molecule has 4 heteroatoms. The average molecular weight is 302 g/mol. The van der Waals surface area contributed by atoms with Crippen LogP contribution < -0.4 is 0 Å². The van der Waals surface area contributed by atoms with Crippen molar-refractivity contribution >= 4 is 11.9 Å². The van der Waals surface area contributed by atoms with Crippen molar-refractivity contribution in [3.05, 3.63) is 48.0 Å². The maximum Gasteiger partial charge on any atom is 0.338 e. The fourth-order valence-corrected chi connectivity index (χ4v) is 2.32. The van der Waals surface area contributed by atoms with Gasteiger partial charge in [-0.25, -0.2) is 4.79 Å². The van der Waals surface area contributed by atoms with E-state index < -0.39 is 0 Å². The molecule has 0 N–H and O–H groups in total. The maximum atomic E-state index is 11.8. The second-order valence-electron chi connectivity index (χ2n) is 5.36. The molecule has 1 atom stereocenters. The van der Waals surface area contributed by atoms with Crippen molar-refractivity contribution in [1.29, 1.82) is 0 Å². The van der Waals surface area contributed by atoms with Gasteiger partial charge in [-0.15, -0.1) is 0 Å². The Morgan fingerprint density at radius 2 is 1.73 bits per heavy atom. The Labute approximate surface area is 131 Å². The fraction of sp³-hybridized carbons (Fsp3) is 0.444. The van der Waals surface area contributed by atoms with Crippen molar-refractivity contribution in [2.75, 3.05) is 13.2 Å². The maximum absolute atomic E-state index is 11.8. The van der Waals surface area contributed by atoms with E-state index in [0.717, 1.165) is 19.3 Å². The third-order valence-corrected chi connectivity index (χ3v) is 3.63. The Morgan fingerprint density at radius 3 is 2.41 bits per heavy atom. The molecule has 1 aliphatic carbocycles. The van der Waals surface area contributed by atoms with Crippen molar-refractivity contribution in [2.24, 2.45) is 5.92 Å². The van der Waals surface area contributed by atoms with Crippen LogP contribution in [0.4, 0.5) is 0 Å². The molecule has 0 saturated carbocycles. The fourth-order valence-electron chi connectivity index (χ4n) is 2.32. The lowest BCUT2D eigenvalue weighted by Crippen LogP contribution is -2.19. The number of allylic oxidation sites excluding steroid dienone is 2. The number of unbranched alkanes of at least 4 members (excludes halogenated alkanes) is 1. The highest BCUT2D eigenvalue weighted by Gasteiger charge is 2.19. The number of rotatable bonds is 7. The van der Waals surface area contributed by atoms with E-state index in [-0.39, 0.29) is 17.9 Å². The van der Waals surface area contributed by atoms with Crippen LogP contribution in [0.1, 0.15) is 42.5 Å². The minimum absolute atomic E-state index is 0.0147. The molecule has 0 bridgehead atoms. The Bertz CT molecular complexity index is 507. The zero-order chi connectivity index (χ0) is 15.6. The van der Waals surface area contributed by atoms with E-state index in [1.165, 1.54) is 0 Å². The lowest BCUT2D eigenvalue weighted by molar-refractivity contribution is -0.149. The Kier molecular flexibility index (Phi) is 6.68. The molecule has 2 rings (SSSR count). The molecule has 1 aromatic rings. The lowest BCUT2D eigenvalue weighted by Gasteiger charge is -2.16. The molecule has 0 saturated heterocycles. The summed E-state index contributed by atoms with van der Waals surface area (Å²) < 4.78 is 10.4. The SMILES string of the molecule is O=C(OCCCCOC(=O)[C@H]1CC=CCC1)c1ccccc1. The van der Waals surface area contributed by atoms with E-state index >= 15 is 0 Å². The van der Waals surface area contributed by atoms with Crippen molar-refractivity contribution < 1.29 is 19.1 Å². The first kappa shape index (κ1) is 16.3. The van der Waals surface area contributed by atoms with Gasteiger partial charge in [0.25, 0.3) is 0 Å². The van der Waals surface area contributed by atoms with E-state index in [9.17, 15) is 9.59 Å². The van der Waals surface area contributed by atoms with Gasteiger partial charge in [0.2, 0.25) is 0 Å². The number of carbonyl (C=O) groups excluding carboxylic acids is 2. The predicted octanol–water partition coefficient (Wildman–Crippen LogP) is 3.52. The van der Waals surface area contributed by atoms with E-state index in [0.29, 0.717) is 31.6 Å². The third-order valence-electron chi connectivity index (χ3n) is 3.63. The summed E-state index contributed by atoms with van der Waals surface area (Å²) in [7, 11) is 0. The van der Waals surface area contributed by atoms with Crippen molar-refractivity contribution in [3.63, 3.8) is 0 Å². The molecule has 0 aromatic heterocycles. The molecule has 0 amide bonds. The smallest absolute Gasteiger partial charge is 0.338 e. The van der Waals surface area contributed by atoms with Gasteiger partial charge in [0.15, 0.2) is 0 Å². The number of ether oxygens (including phenoxy) is 2. The lowest BCUT2D eigenvalue weighted by atomic mass is 9.95. The van der Waals surface area contributed by atoms with Crippen molar-refractivity contribution in [1.82, 2.24) is 0 Å². The Morgan fingerprint density at radius 1 is 1.00 bits per heavy atom. The standard InChI is InChI=1S/C18H22O4/c19-17(15-9-3-1-4-10-15)21-13-7-8-14-22-18(20)16-11-5-2-6-12-16/h1-5,9-10,16H,6-8,11-14H2/t16-/m0/s1. The Hall–Kier alpha value is -2.10. The zero-order valence-corrected chi connectivity index (χ0v) is 12.7. The van der Waals surface area contributed by atoms with Crippen LogP contribution in [0.25, 0.3) is 0 Å². The summed E-state index contributed by atoms with van der Waals surface area (Å²) in [5.74, 6) is -0.405. The molecule has 4 nitrogen and oxygen atoms in total. The quantitative estimate of drug-likeness (QED) is 0.439.